The van der Waals surface area contributed by atoms with Crippen LogP contribution in [-0.4, -0.2) is 40.3 Å². The number of hydrogen-bond donors (Lipinski definition) is 1. The van der Waals surface area contributed by atoms with Crippen LogP contribution in [0.2, 0.25) is 0 Å². The number of β-amino-alcohol motifs (C(OH)–C–C–N with tert-alkyl or cyclic N) is 1. The number of rotatable bonds is 1. The van der Waals surface area contributed by atoms with Crippen molar-refractivity contribution in [2.24, 2.45) is 0 Å². The third-order valence-electron chi connectivity index (χ3n) is 2.91. The fraction of sp³-hybridized carbons (Fsp3) is 0.231. The summed E-state index contributed by atoms with van der Waals surface area (Å²) in [4.78, 5) is 21.6. The van der Waals surface area contributed by atoms with Crippen molar-refractivity contribution < 1.29 is 14.7 Å². The van der Waals surface area contributed by atoms with Crippen molar-refractivity contribution in [1.82, 2.24) is 10.0 Å². The number of aliphatic hydroxyl groups excluding tert-OH is 1. The van der Waals surface area contributed by atoms with Crippen LogP contribution in [-0.2, 0) is 4.84 Å². The fourth-order valence-electron chi connectivity index (χ4n) is 2.03. The molecule has 18 heavy (non-hydrogen) atoms. The maximum Gasteiger partial charge on any atom is 0.278 e. The number of aliphatic hydroxyl groups is 1. The Kier molecular flexibility index (Phi) is 2.70. The molecule has 5 heteroatoms. The third kappa shape index (κ3) is 1.83. The lowest BCUT2D eigenvalue weighted by molar-refractivity contribution is -0.0778. The van der Waals surface area contributed by atoms with Crippen LogP contribution in [0.3, 0.4) is 0 Å². The van der Waals surface area contributed by atoms with Gasteiger partial charge in [0.2, 0.25) is 0 Å². The molecule has 1 saturated heterocycles. The van der Waals surface area contributed by atoms with Crippen LogP contribution in [0.1, 0.15) is 10.4 Å². The van der Waals surface area contributed by atoms with Crippen LogP contribution in [0, 0.1) is 0 Å². The number of hydrogen-bond acceptors (Lipinski definition) is 4. The van der Waals surface area contributed by atoms with Gasteiger partial charge in [0.05, 0.1) is 17.6 Å². The van der Waals surface area contributed by atoms with E-state index in [-0.39, 0.29) is 19.1 Å². The number of carbonyl (C=O) groups excluding carboxylic acids is 1. The molecule has 0 radical (unpaired) electrons. The van der Waals surface area contributed by atoms with Gasteiger partial charge in [-0.2, -0.15) is 0 Å². The minimum absolute atomic E-state index is 0.161. The largest absolute Gasteiger partial charge is 0.389 e. The van der Waals surface area contributed by atoms with Crippen LogP contribution in [0.25, 0.3) is 10.9 Å². The van der Waals surface area contributed by atoms with Crippen molar-refractivity contribution >= 4 is 16.8 Å². The predicted octanol–water partition coefficient (Wildman–Crippen LogP) is 0.983. The first kappa shape index (κ1) is 11.1. The SMILES string of the molecule is O=C(c1ccnc2ccccc12)N1C[C@@H](O)CO1. The van der Waals surface area contributed by atoms with Crippen molar-refractivity contribution in [3.63, 3.8) is 0 Å². The molecule has 0 aliphatic carbocycles. The van der Waals surface area contributed by atoms with Gasteiger partial charge in [0, 0.05) is 11.6 Å². The van der Waals surface area contributed by atoms with E-state index < -0.39 is 6.10 Å². The van der Waals surface area contributed by atoms with E-state index in [0.29, 0.717) is 5.56 Å². The molecule has 0 unspecified atom stereocenters. The topological polar surface area (TPSA) is 62.7 Å². The molecule has 1 amide bonds. The molecule has 1 aromatic carbocycles. The number of nitrogens with zero attached hydrogens (tertiary/aromatic N) is 2. The van der Waals surface area contributed by atoms with Crippen LogP contribution >= 0.6 is 0 Å². The predicted molar refractivity (Wildman–Crippen MR) is 64.7 cm³/mol. The second kappa shape index (κ2) is 4.36. The highest BCUT2D eigenvalue weighted by molar-refractivity contribution is 6.05. The molecule has 1 aromatic heterocycles. The van der Waals surface area contributed by atoms with Crippen LogP contribution in [0.5, 0.6) is 0 Å². The Balaban J connectivity index is 2.01. The first-order valence-electron chi connectivity index (χ1n) is 5.72. The van der Waals surface area contributed by atoms with Crippen LogP contribution < -0.4 is 0 Å². The molecule has 3 rings (SSSR count). The molecule has 2 heterocycles. The molecule has 1 aliphatic rings. The molecule has 1 N–H and O–H groups in total. The van der Waals surface area contributed by atoms with Gasteiger partial charge >= 0.3 is 0 Å². The van der Waals surface area contributed by atoms with Gasteiger partial charge in [0.1, 0.15) is 12.7 Å². The highest BCUT2D eigenvalue weighted by Crippen LogP contribution is 2.19. The van der Waals surface area contributed by atoms with Gasteiger partial charge in [0.15, 0.2) is 0 Å². The quantitative estimate of drug-likeness (QED) is 0.812. The Bertz CT molecular complexity index is 594. The lowest BCUT2D eigenvalue weighted by atomic mass is 10.1. The maximum absolute atomic E-state index is 12.3. The maximum atomic E-state index is 12.3. The second-order valence-electron chi connectivity index (χ2n) is 4.19. The Morgan fingerprint density at radius 2 is 2.22 bits per heavy atom. The first-order valence-corrected chi connectivity index (χ1v) is 5.72. The molecule has 0 saturated carbocycles. The van der Waals surface area contributed by atoms with Crippen molar-refractivity contribution in [3.05, 3.63) is 42.1 Å². The summed E-state index contributed by atoms with van der Waals surface area (Å²) in [6.45, 7) is 0.365. The van der Waals surface area contributed by atoms with E-state index >= 15 is 0 Å². The Hall–Kier alpha value is -1.98. The number of amides is 1. The highest BCUT2D eigenvalue weighted by Gasteiger charge is 2.27. The van der Waals surface area contributed by atoms with E-state index in [0.717, 1.165) is 10.9 Å². The minimum atomic E-state index is -0.609. The minimum Gasteiger partial charge on any atom is -0.389 e. The molecule has 92 valence electrons. The lowest BCUT2D eigenvalue weighted by Gasteiger charge is -2.14. The number of aromatic nitrogens is 1. The van der Waals surface area contributed by atoms with Crippen LogP contribution in [0.15, 0.2) is 36.5 Å². The first-order chi connectivity index (χ1) is 8.75. The number of hydroxylamine groups is 2. The summed E-state index contributed by atoms with van der Waals surface area (Å²) in [6.07, 6.45) is 0.990. The molecule has 1 atom stereocenters. The smallest absolute Gasteiger partial charge is 0.278 e. The van der Waals surface area contributed by atoms with Crippen molar-refractivity contribution in [2.45, 2.75) is 6.10 Å². The van der Waals surface area contributed by atoms with E-state index in [9.17, 15) is 9.90 Å². The summed E-state index contributed by atoms with van der Waals surface area (Å²) in [5.41, 5.74) is 1.30. The van der Waals surface area contributed by atoms with E-state index in [2.05, 4.69) is 4.98 Å². The molecule has 2 aromatic rings. The van der Waals surface area contributed by atoms with Gasteiger partial charge in [-0.15, -0.1) is 0 Å². The molecular weight excluding hydrogens is 232 g/mol. The van der Waals surface area contributed by atoms with Gasteiger partial charge in [-0.1, -0.05) is 18.2 Å². The van der Waals surface area contributed by atoms with Crippen LogP contribution in [0.4, 0.5) is 0 Å². The number of benzene rings is 1. The molecule has 5 nitrogen and oxygen atoms in total. The Labute approximate surface area is 104 Å². The average molecular weight is 244 g/mol. The van der Waals surface area contributed by atoms with E-state index in [1.165, 1.54) is 5.06 Å². The lowest BCUT2D eigenvalue weighted by Crippen LogP contribution is -2.28. The molecule has 1 fully saturated rings. The molecule has 0 spiro atoms. The summed E-state index contributed by atoms with van der Waals surface area (Å²) >= 11 is 0. The molecular formula is C13H12N2O3. The number of carbonyl (C=O) groups is 1. The number of pyridine rings is 1. The zero-order chi connectivity index (χ0) is 12.5. The summed E-state index contributed by atoms with van der Waals surface area (Å²) in [7, 11) is 0. The van der Waals surface area contributed by atoms with Crippen molar-refractivity contribution in [3.8, 4) is 0 Å². The fourth-order valence-corrected chi connectivity index (χ4v) is 2.03. The highest BCUT2D eigenvalue weighted by atomic mass is 16.7. The summed E-state index contributed by atoms with van der Waals surface area (Å²) in [5, 5.41) is 11.4. The van der Waals surface area contributed by atoms with E-state index in [1.54, 1.807) is 12.3 Å². The average Bonchev–Trinajstić information content (AvgIpc) is 2.84. The third-order valence-corrected chi connectivity index (χ3v) is 2.91. The summed E-state index contributed by atoms with van der Waals surface area (Å²) in [5.74, 6) is -0.245. The number of fused-ring (bicyclic) bond motifs is 1. The van der Waals surface area contributed by atoms with E-state index in [1.807, 2.05) is 24.3 Å². The molecule has 0 bridgehead atoms. The van der Waals surface area contributed by atoms with E-state index in [4.69, 9.17) is 4.84 Å². The summed E-state index contributed by atoms with van der Waals surface area (Å²) < 4.78 is 0. The zero-order valence-electron chi connectivity index (χ0n) is 9.61. The Morgan fingerprint density at radius 3 is 3.00 bits per heavy atom. The Morgan fingerprint density at radius 1 is 1.39 bits per heavy atom. The van der Waals surface area contributed by atoms with Gasteiger partial charge in [-0.25, -0.2) is 5.06 Å². The molecule has 1 aliphatic heterocycles. The van der Waals surface area contributed by atoms with Gasteiger partial charge in [-0.3, -0.25) is 14.6 Å². The second-order valence-corrected chi connectivity index (χ2v) is 4.19. The van der Waals surface area contributed by atoms with Gasteiger partial charge < -0.3 is 5.11 Å². The monoisotopic (exact) mass is 244 g/mol. The summed E-state index contributed by atoms with van der Waals surface area (Å²) in [6, 6.07) is 9.10. The van der Waals surface area contributed by atoms with Gasteiger partial charge in [0.25, 0.3) is 5.91 Å². The van der Waals surface area contributed by atoms with Crippen molar-refractivity contribution in [2.75, 3.05) is 13.2 Å². The standard InChI is InChI=1S/C13H12N2O3/c16-9-7-15(18-8-9)13(17)11-5-6-14-12-4-2-1-3-10(11)12/h1-6,9,16H,7-8H2/t9-/m1/s1. The zero-order valence-corrected chi connectivity index (χ0v) is 9.61. The van der Waals surface area contributed by atoms with Crippen molar-refractivity contribution in [1.29, 1.82) is 0 Å². The number of para-hydroxylation sites is 1. The van der Waals surface area contributed by atoms with Gasteiger partial charge in [-0.05, 0) is 12.1 Å². The normalized spacial score (nSPS) is 19.4.